The Hall–Kier alpha value is -2.61. The van der Waals surface area contributed by atoms with Crippen molar-refractivity contribution in [1.82, 2.24) is 15.2 Å². The summed E-state index contributed by atoms with van der Waals surface area (Å²) in [5, 5.41) is 6.75. The molecule has 3 aromatic rings. The quantitative estimate of drug-likeness (QED) is 0.480. The van der Waals surface area contributed by atoms with E-state index in [-0.39, 0.29) is 18.4 Å². The number of piperidine rings is 1. The summed E-state index contributed by atoms with van der Waals surface area (Å²) in [5.41, 5.74) is 1.82. The summed E-state index contributed by atoms with van der Waals surface area (Å²) in [6, 6.07) is 8.99. The molecule has 1 aromatic carbocycles. The van der Waals surface area contributed by atoms with Crippen LogP contribution in [0.15, 0.2) is 52.5 Å². The van der Waals surface area contributed by atoms with Gasteiger partial charge in [-0.3, -0.25) is 9.59 Å². The molecule has 1 aliphatic heterocycles. The van der Waals surface area contributed by atoms with Crippen LogP contribution in [0.1, 0.15) is 29.5 Å². The molecule has 0 spiro atoms. The Balaban J connectivity index is 1.26. The summed E-state index contributed by atoms with van der Waals surface area (Å²) >= 11 is 13.7. The molecule has 0 aliphatic carbocycles. The van der Waals surface area contributed by atoms with Crippen LogP contribution >= 0.6 is 34.5 Å². The van der Waals surface area contributed by atoms with E-state index in [1.165, 1.54) is 12.3 Å². The molecule has 0 atom stereocenters. The molecule has 2 amide bonds. The first kappa shape index (κ1) is 22.6. The molecule has 32 heavy (non-hydrogen) atoms. The number of furan rings is 1. The molecule has 9 heteroatoms. The Morgan fingerprint density at radius 2 is 2.03 bits per heavy atom. The summed E-state index contributed by atoms with van der Waals surface area (Å²) in [4.78, 5) is 30.9. The molecular weight excluding hydrogens is 469 g/mol. The van der Waals surface area contributed by atoms with E-state index in [1.54, 1.807) is 40.5 Å². The molecule has 4 rings (SSSR count). The number of carbonyl (C=O) groups is 2. The molecule has 0 bridgehead atoms. The van der Waals surface area contributed by atoms with Crippen LogP contribution in [-0.4, -0.2) is 41.3 Å². The van der Waals surface area contributed by atoms with E-state index >= 15 is 0 Å². The summed E-state index contributed by atoms with van der Waals surface area (Å²) < 4.78 is 5.13. The van der Waals surface area contributed by atoms with Gasteiger partial charge in [-0.2, -0.15) is 0 Å². The maximum absolute atomic E-state index is 12.5. The van der Waals surface area contributed by atoms with Crippen molar-refractivity contribution in [2.75, 3.05) is 19.6 Å². The minimum atomic E-state index is -0.331. The van der Waals surface area contributed by atoms with Gasteiger partial charge in [0.1, 0.15) is 5.76 Å². The third kappa shape index (κ3) is 5.59. The van der Waals surface area contributed by atoms with Crippen molar-refractivity contribution < 1.29 is 14.0 Å². The number of benzene rings is 1. The number of rotatable bonds is 6. The van der Waals surface area contributed by atoms with Crippen molar-refractivity contribution in [1.29, 1.82) is 0 Å². The first-order valence-corrected chi connectivity index (χ1v) is 11.8. The molecular formula is C23H21Cl2N3O3S. The van der Waals surface area contributed by atoms with Crippen LogP contribution in [0.2, 0.25) is 10.0 Å². The number of carbonyl (C=O) groups excluding carboxylic acids is 2. The number of aromatic nitrogens is 1. The Bertz CT molecular complexity index is 1120. The van der Waals surface area contributed by atoms with Gasteiger partial charge < -0.3 is 14.6 Å². The molecule has 0 radical (unpaired) electrons. The minimum Gasteiger partial charge on any atom is -0.465 e. The zero-order valence-electron chi connectivity index (χ0n) is 17.1. The fourth-order valence-electron chi connectivity index (χ4n) is 3.52. The van der Waals surface area contributed by atoms with Gasteiger partial charge in [-0.15, -0.1) is 11.3 Å². The highest BCUT2D eigenvalue weighted by atomic mass is 35.5. The molecule has 2 aromatic heterocycles. The lowest BCUT2D eigenvalue weighted by Gasteiger charge is -2.31. The largest absolute Gasteiger partial charge is 0.465 e. The van der Waals surface area contributed by atoms with Gasteiger partial charge in [-0.05, 0) is 43.2 Å². The standard InChI is InChI=1S/C23H21Cl2N3O3S/c24-18-5-3-16(12-19(18)25)20-14-32-23(27-20)15-7-9-28(10-8-15)22(30)13-26-21(29)6-4-17-2-1-11-31-17/h1-6,11-12,14-15H,7-10,13H2,(H,26,29). The molecule has 0 unspecified atom stereocenters. The maximum atomic E-state index is 12.5. The lowest BCUT2D eigenvalue weighted by molar-refractivity contribution is -0.133. The van der Waals surface area contributed by atoms with E-state index in [0.29, 0.717) is 34.8 Å². The van der Waals surface area contributed by atoms with Gasteiger partial charge in [-0.1, -0.05) is 29.3 Å². The van der Waals surface area contributed by atoms with Crippen LogP contribution in [0.5, 0.6) is 0 Å². The molecule has 6 nitrogen and oxygen atoms in total. The fraction of sp³-hybridized carbons (Fsp3) is 0.261. The second kappa shape index (κ2) is 10.3. The van der Waals surface area contributed by atoms with Gasteiger partial charge in [0.25, 0.3) is 0 Å². The maximum Gasteiger partial charge on any atom is 0.244 e. The zero-order chi connectivity index (χ0) is 22.5. The topological polar surface area (TPSA) is 75.4 Å². The Morgan fingerprint density at radius 3 is 2.75 bits per heavy atom. The average Bonchev–Trinajstić information content (AvgIpc) is 3.50. The van der Waals surface area contributed by atoms with Crippen LogP contribution < -0.4 is 5.32 Å². The number of hydrogen-bond donors (Lipinski definition) is 1. The highest BCUT2D eigenvalue weighted by molar-refractivity contribution is 7.10. The van der Waals surface area contributed by atoms with Crippen LogP contribution in [0.3, 0.4) is 0 Å². The van der Waals surface area contributed by atoms with E-state index < -0.39 is 0 Å². The number of nitrogens with one attached hydrogen (secondary N) is 1. The SMILES string of the molecule is O=C(C=Cc1ccco1)NCC(=O)N1CCC(c2nc(-c3ccc(Cl)c(Cl)c3)cs2)CC1. The number of halogens is 2. The molecule has 1 N–H and O–H groups in total. The van der Waals surface area contributed by atoms with Gasteiger partial charge in [0.15, 0.2) is 0 Å². The summed E-state index contributed by atoms with van der Waals surface area (Å²) in [6.45, 7) is 1.26. The minimum absolute atomic E-state index is 0.0231. The Morgan fingerprint density at radius 1 is 1.22 bits per heavy atom. The predicted molar refractivity (Wildman–Crippen MR) is 127 cm³/mol. The fourth-order valence-corrected chi connectivity index (χ4v) is 4.81. The number of thiazole rings is 1. The normalized spacial score (nSPS) is 14.8. The van der Waals surface area contributed by atoms with Crippen LogP contribution in [0.4, 0.5) is 0 Å². The van der Waals surface area contributed by atoms with Gasteiger partial charge in [0.2, 0.25) is 11.8 Å². The lowest BCUT2D eigenvalue weighted by atomic mass is 9.97. The molecule has 3 heterocycles. The monoisotopic (exact) mass is 489 g/mol. The van der Waals surface area contributed by atoms with Crippen molar-refractivity contribution in [2.45, 2.75) is 18.8 Å². The summed E-state index contributed by atoms with van der Waals surface area (Å²) in [6.07, 6.45) is 6.13. The van der Waals surface area contributed by atoms with Gasteiger partial charge in [-0.25, -0.2) is 4.98 Å². The Labute approximate surface area is 199 Å². The third-order valence-corrected chi connectivity index (χ3v) is 7.04. The first-order chi connectivity index (χ1) is 15.5. The molecule has 166 valence electrons. The van der Waals surface area contributed by atoms with E-state index in [2.05, 4.69) is 5.32 Å². The van der Waals surface area contributed by atoms with Crippen molar-refractivity contribution in [2.24, 2.45) is 0 Å². The number of hydrogen-bond acceptors (Lipinski definition) is 5. The number of likely N-dealkylation sites (tertiary alicyclic amines) is 1. The predicted octanol–water partition coefficient (Wildman–Crippen LogP) is 5.25. The Kier molecular flexibility index (Phi) is 7.29. The summed E-state index contributed by atoms with van der Waals surface area (Å²) in [7, 11) is 0. The van der Waals surface area contributed by atoms with Crippen molar-refractivity contribution in [3.8, 4) is 11.3 Å². The zero-order valence-corrected chi connectivity index (χ0v) is 19.4. The van der Waals surface area contributed by atoms with Crippen LogP contribution in [0.25, 0.3) is 17.3 Å². The van der Waals surface area contributed by atoms with Gasteiger partial charge in [0.05, 0.1) is 33.6 Å². The second-order valence-electron chi connectivity index (χ2n) is 7.42. The smallest absolute Gasteiger partial charge is 0.244 e. The lowest BCUT2D eigenvalue weighted by Crippen LogP contribution is -2.43. The molecule has 1 saturated heterocycles. The average molecular weight is 490 g/mol. The molecule has 1 fully saturated rings. The first-order valence-electron chi connectivity index (χ1n) is 10.2. The second-order valence-corrected chi connectivity index (χ2v) is 9.13. The van der Waals surface area contributed by atoms with Crippen LogP contribution in [0, 0.1) is 0 Å². The highest BCUT2D eigenvalue weighted by Crippen LogP contribution is 2.34. The van der Waals surface area contributed by atoms with E-state index in [1.807, 2.05) is 17.5 Å². The third-order valence-electron chi connectivity index (χ3n) is 5.29. The van der Waals surface area contributed by atoms with E-state index in [0.717, 1.165) is 29.1 Å². The van der Waals surface area contributed by atoms with E-state index in [4.69, 9.17) is 32.6 Å². The van der Waals surface area contributed by atoms with Crippen molar-refractivity contribution in [3.05, 3.63) is 68.9 Å². The highest BCUT2D eigenvalue weighted by Gasteiger charge is 2.26. The van der Waals surface area contributed by atoms with Crippen molar-refractivity contribution >= 4 is 52.4 Å². The van der Waals surface area contributed by atoms with Gasteiger partial charge in [0, 0.05) is 36.0 Å². The van der Waals surface area contributed by atoms with E-state index in [9.17, 15) is 9.59 Å². The number of nitrogens with zero attached hydrogens (tertiary/aromatic N) is 2. The number of amides is 2. The van der Waals surface area contributed by atoms with Crippen LogP contribution in [-0.2, 0) is 9.59 Å². The molecule has 1 aliphatic rings. The van der Waals surface area contributed by atoms with Crippen molar-refractivity contribution in [3.63, 3.8) is 0 Å². The molecule has 0 saturated carbocycles. The van der Waals surface area contributed by atoms with Gasteiger partial charge >= 0.3 is 0 Å². The summed E-state index contributed by atoms with van der Waals surface area (Å²) in [5.74, 6) is 0.477.